The van der Waals surface area contributed by atoms with Gasteiger partial charge in [0.25, 0.3) is 0 Å². The molecule has 0 saturated carbocycles. The average molecular weight is 322 g/mol. The number of nitrogens with one attached hydrogen (secondary N) is 2. The Kier molecular flexibility index (Phi) is 6.08. The Morgan fingerprint density at radius 2 is 1.45 bits per heavy atom. The van der Waals surface area contributed by atoms with E-state index in [-0.39, 0.29) is 22.9 Å². The summed E-state index contributed by atoms with van der Waals surface area (Å²) in [5, 5.41) is 8.60. The fraction of sp³-hybridized carbons (Fsp3) is 0.455. The maximum Gasteiger partial charge on any atom is 0.240 e. The van der Waals surface area contributed by atoms with Gasteiger partial charge in [0.1, 0.15) is 0 Å². The Balaban J connectivity index is 2.82. The first-order chi connectivity index (χ1) is 9.33. The summed E-state index contributed by atoms with van der Waals surface area (Å²) in [6.07, 6.45) is 1.05. The number of aliphatic hydroxyl groups is 1. The van der Waals surface area contributed by atoms with Crippen molar-refractivity contribution in [3.05, 3.63) is 24.3 Å². The van der Waals surface area contributed by atoms with Crippen molar-refractivity contribution in [1.29, 1.82) is 0 Å². The SMILES string of the molecule is CNS(=O)(=O)c1ccc(S(=O)(=O)NCCCCO)cc1. The number of aliphatic hydroxyl groups excluding tert-OH is 1. The molecule has 114 valence electrons. The molecule has 0 spiro atoms. The van der Waals surface area contributed by atoms with E-state index in [1.807, 2.05) is 0 Å². The zero-order valence-electron chi connectivity index (χ0n) is 11.0. The van der Waals surface area contributed by atoms with E-state index in [4.69, 9.17) is 5.11 Å². The largest absolute Gasteiger partial charge is 0.396 e. The van der Waals surface area contributed by atoms with Crippen molar-refractivity contribution in [2.75, 3.05) is 20.2 Å². The molecule has 0 aromatic heterocycles. The van der Waals surface area contributed by atoms with Gasteiger partial charge in [0, 0.05) is 13.2 Å². The van der Waals surface area contributed by atoms with Crippen molar-refractivity contribution in [2.24, 2.45) is 0 Å². The van der Waals surface area contributed by atoms with Crippen LogP contribution in [0, 0.1) is 0 Å². The second kappa shape index (κ2) is 7.14. The Labute approximate surface area is 119 Å². The van der Waals surface area contributed by atoms with Gasteiger partial charge in [-0.1, -0.05) is 0 Å². The maximum absolute atomic E-state index is 11.9. The molecule has 0 bridgehead atoms. The topological polar surface area (TPSA) is 113 Å². The van der Waals surface area contributed by atoms with E-state index in [1.54, 1.807) is 0 Å². The first-order valence-electron chi connectivity index (χ1n) is 5.97. The number of hydrogen-bond donors (Lipinski definition) is 3. The lowest BCUT2D eigenvalue weighted by atomic mass is 10.3. The Bertz CT molecular complexity index is 623. The lowest BCUT2D eigenvalue weighted by Crippen LogP contribution is -2.25. The predicted octanol–water partition coefficient (Wildman–Crippen LogP) is -0.354. The molecule has 0 aliphatic carbocycles. The minimum Gasteiger partial charge on any atom is -0.396 e. The van der Waals surface area contributed by atoms with Crippen LogP contribution in [-0.4, -0.2) is 42.1 Å². The number of sulfonamides is 2. The lowest BCUT2D eigenvalue weighted by molar-refractivity contribution is 0.285. The van der Waals surface area contributed by atoms with Crippen molar-refractivity contribution in [2.45, 2.75) is 22.6 Å². The molecule has 0 atom stereocenters. The smallest absolute Gasteiger partial charge is 0.240 e. The van der Waals surface area contributed by atoms with Gasteiger partial charge in [-0.3, -0.25) is 0 Å². The average Bonchev–Trinajstić information content (AvgIpc) is 2.44. The summed E-state index contributed by atoms with van der Waals surface area (Å²) in [7, 11) is -5.95. The summed E-state index contributed by atoms with van der Waals surface area (Å²) in [4.78, 5) is -0.00391. The molecule has 1 aromatic carbocycles. The van der Waals surface area contributed by atoms with Crippen LogP contribution in [0.4, 0.5) is 0 Å². The molecule has 0 amide bonds. The standard InChI is InChI=1S/C11H18N2O5S2/c1-12-19(15,16)10-4-6-11(7-5-10)20(17,18)13-8-2-3-9-14/h4-7,12-14H,2-3,8-9H2,1H3. The van der Waals surface area contributed by atoms with Crippen molar-refractivity contribution in [3.63, 3.8) is 0 Å². The molecule has 1 aromatic rings. The van der Waals surface area contributed by atoms with Crippen LogP contribution in [-0.2, 0) is 20.0 Å². The molecule has 0 aliphatic rings. The molecule has 0 heterocycles. The Morgan fingerprint density at radius 3 is 1.90 bits per heavy atom. The van der Waals surface area contributed by atoms with Gasteiger partial charge in [0.15, 0.2) is 0 Å². The second-order valence-electron chi connectivity index (χ2n) is 4.01. The minimum absolute atomic E-state index is 0.000712. The molecule has 9 heteroatoms. The molecule has 0 radical (unpaired) electrons. The van der Waals surface area contributed by atoms with Crippen LogP contribution in [0.2, 0.25) is 0 Å². The fourth-order valence-corrected chi connectivity index (χ4v) is 3.25. The van der Waals surface area contributed by atoms with Gasteiger partial charge in [-0.2, -0.15) is 0 Å². The quantitative estimate of drug-likeness (QED) is 0.566. The fourth-order valence-electron chi connectivity index (χ4n) is 1.44. The molecular weight excluding hydrogens is 304 g/mol. The van der Waals surface area contributed by atoms with Crippen molar-refractivity contribution in [3.8, 4) is 0 Å². The van der Waals surface area contributed by atoms with E-state index in [1.165, 1.54) is 31.3 Å². The third kappa shape index (κ3) is 4.53. The molecular formula is C11H18N2O5S2. The number of unbranched alkanes of at least 4 members (excludes halogenated alkanes) is 1. The maximum atomic E-state index is 11.9. The summed E-state index contributed by atoms with van der Waals surface area (Å²) in [5.74, 6) is 0. The zero-order chi connectivity index (χ0) is 15.2. The van der Waals surface area contributed by atoms with Gasteiger partial charge in [-0.15, -0.1) is 0 Å². The van der Waals surface area contributed by atoms with Crippen LogP contribution in [0.1, 0.15) is 12.8 Å². The van der Waals surface area contributed by atoms with E-state index < -0.39 is 20.0 Å². The minimum atomic E-state index is -3.66. The Morgan fingerprint density at radius 1 is 0.950 bits per heavy atom. The number of benzene rings is 1. The van der Waals surface area contributed by atoms with Crippen LogP contribution in [0.5, 0.6) is 0 Å². The second-order valence-corrected chi connectivity index (χ2v) is 7.66. The molecule has 20 heavy (non-hydrogen) atoms. The van der Waals surface area contributed by atoms with E-state index in [9.17, 15) is 16.8 Å². The van der Waals surface area contributed by atoms with Crippen LogP contribution in [0.15, 0.2) is 34.1 Å². The highest BCUT2D eigenvalue weighted by Crippen LogP contribution is 2.14. The van der Waals surface area contributed by atoms with Crippen molar-refractivity contribution >= 4 is 20.0 Å². The molecule has 0 saturated heterocycles. The number of rotatable bonds is 8. The molecule has 3 N–H and O–H groups in total. The Hall–Kier alpha value is -1.00. The highest BCUT2D eigenvalue weighted by Gasteiger charge is 2.16. The van der Waals surface area contributed by atoms with Crippen LogP contribution in [0.3, 0.4) is 0 Å². The normalized spacial score (nSPS) is 12.5. The van der Waals surface area contributed by atoms with E-state index in [0.29, 0.717) is 12.8 Å². The molecule has 7 nitrogen and oxygen atoms in total. The van der Waals surface area contributed by atoms with Gasteiger partial charge in [0.2, 0.25) is 20.0 Å². The monoisotopic (exact) mass is 322 g/mol. The molecule has 0 aliphatic heterocycles. The van der Waals surface area contributed by atoms with Crippen molar-refractivity contribution in [1.82, 2.24) is 9.44 Å². The molecule has 0 fully saturated rings. The lowest BCUT2D eigenvalue weighted by Gasteiger charge is -2.07. The number of hydrogen-bond acceptors (Lipinski definition) is 5. The summed E-state index contributed by atoms with van der Waals surface area (Å²) >= 11 is 0. The van der Waals surface area contributed by atoms with E-state index >= 15 is 0 Å². The predicted molar refractivity (Wildman–Crippen MR) is 74.2 cm³/mol. The highest BCUT2D eigenvalue weighted by atomic mass is 32.2. The van der Waals surface area contributed by atoms with Crippen LogP contribution >= 0.6 is 0 Å². The van der Waals surface area contributed by atoms with E-state index in [0.717, 1.165) is 0 Å². The van der Waals surface area contributed by atoms with Gasteiger partial charge in [-0.05, 0) is 44.2 Å². The van der Waals surface area contributed by atoms with Crippen LogP contribution in [0.25, 0.3) is 0 Å². The highest BCUT2D eigenvalue weighted by molar-refractivity contribution is 7.90. The summed E-state index contributed by atoms with van der Waals surface area (Å²) < 4.78 is 51.3. The summed E-state index contributed by atoms with van der Waals surface area (Å²) in [6, 6.07) is 4.93. The molecule has 1 rings (SSSR count). The van der Waals surface area contributed by atoms with Gasteiger partial charge in [0.05, 0.1) is 9.79 Å². The molecule has 0 unspecified atom stereocenters. The summed E-state index contributed by atoms with van der Waals surface area (Å²) in [5.41, 5.74) is 0. The van der Waals surface area contributed by atoms with Gasteiger partial charge >= 0.3 is 0 Å². The summed E-state index contributed by atoms with van der Waals surface area (Å²) in [6.45, 7) is 0.234. The van der Waals surface area contributed by atoms with Gasteiger partial charge in [-0.25, -0.2) is 26.3 Å². The third-order valence-corrected chi connectivity index (χ3v) is 5.50. The first kappa shape index (κ1) is 17.1. The van der Waals surface area contributed by atoms with Crippen molar-refractivity contribution < 1.29 is 21.9 Å². The first-order valence-corrected chi connectivity index (χ1v) is 8.94. The zero-order valence-corrected chi connectivity index (χ0v) is 12.7. The third-order valence-electron chi connectivity index (χ3n) is 2.59. The van der Waals surface area contributed by atoms with Gasteiger partial charge < -0.3 is 5.11 Å². The van der Waals surface area contributed by atoms with Crippen LogP contribution < -0.4 is 9.44 Å². The van der Waals surface area contributed by atoms with E-state index in [2.05, 4.69) is 9.44 Å².